The van der Waals surface area contributed by atoms with Crippen LogP contribution in [0.1, 0.15) is 54.2 Å². The Morgan fingerprint density at radius 3 is 1.15 bits per heavy atom. The maximum Gasteiger partial charge on any atom is 0.115 e. The van der Waals surface area contributed by atoms with Gasteiger partial charge in [0.2, 0.25) is 0 Å². The maximum atomic E-state index is 10.8. The zero-order valence-electron chi connectivity index (χ0n) is 45.8. The molecule has 2 aliphatic carbocycles. The van der Waals surface area contributed by atoms with Crippen LogP contribution in [-0.4, -0.2) is 11.7 Å². The molecule has 12 aromatic carbocycles. The van der Waals surface area contributed by atoms with Crippen molar-refractivity contribution in [2.24, 2.45) is 0 Å². The minimum absolute atomic E-state index is 0.140. The van der Waals surface area contributed by atoms with Gasteiger partial charge in [-0.3, -0.25) is 0 Å². The lowest BCUT2D eigenvalue weighted by atomic mass is 9.67. The van der Waals surface area contributed by atoms with Gasteiger partial charge in [-0.2, -0.15) is 0 Å². The first-order valence-electron chi connectivity index (χ1n) is 28.2. The molecule has 81 heavy (non-hydrogen) atoms. The molecular weight excluding hydrogens is 981 g/mol. The Balaban J connectivity index is 0.845. The number of anilines is 5. The zero-order valence-corrected chi connectivity index (χ0v) is 45.8. The number of hydrogen-bond acceptors (Lipinski definition) is 3. The van der Waals surface area contributed by atoms with Gasteiger partial charge < -0.3 is 14.9 Å². The lowest BCUT2D eigenvalue weighted by Gasteiger charge is -2.34. The molecule has 0 saturated heterocycles. The molecule has 0 amide bonds. The summed E-state index contributed by atoms with van der Waals surface area (Å²) in [5, 5.41) is 10.8. The Hall–Kier alpha value is -9.96. The third-order valence-corrected chi connectivity index (χ3v) is 17.3. The normalized spacial score (nSPS) is 14.4. The quantitative estimate of drug-likeness (QED) is 0.132. The molecule has 12 aromatic rings. The van der Waals surface area contributed by atoms with Crippen molar-refractivity contribution in [3.63, 3.8) is 0 Å². The lowest BCUT2D eigenvalue weighted by Crippen LogP contribution is -2.28. The topological polar surface area (TPSA) is 26.7 Å². The third kappa shape index (κ3) is 8.44. The molecule has 0 fully saturated rings. The number of phenolic OH excluding ortho intramolecular Hbond substituents is 1. The van der Waals surface area contributed by atoms with Crippen LogP contribution in [0.3, 0.4) is 0 Å². The molecular formula is C78H60N2O. The van der Waals surface area contributed by atoms with Gasteiger partial charge in [0, 0.05) is 40.4 Å². The van der Waals surface area contributed by atoms with Gasteiger partial charge in [-0.25, -0.2) is 0 Å². The van der Waals surface area contributed by atoms with Crippen molar-refractivity contribution in [1.29, 1.82) is 0 Å². The highest BCUT2D eigenvalue weighted by Gasteiger charge is 2.46. The molecule has 0 heterocycles. The van der Waals surface area contributed by atoms with Gasteiger partial charge in [0.05, 0.1) is 5.41 Å². The molecule has 2 aliphatic rings. The van der Waals surface area contributed by atoms with E-state index in [0.29, 0.717) is 0 Å². The van der Waals surface area contributed by atoms with Gasteiger partial charge in [0.15, 0.2) is 0 Å². The second kappa shape index (κ2) is 20.0. The molecule has 1 atom stereocenters. The highest BCUT2D eigenvalue weighted by Crippen LogP contribution is 2.58. The van der Waals surface area contributed by atoms with Gasteiger partial charge >= 0.3 is 0 Å². The molecule has 0 spiro atoms. The largest absolute Gasteiger partial charge is 0.508 e. The average molecular weight is 1040 g/mol. The average Bonchev–Trinajstić information content (AvgIpc) is 4.20. The molecule has 1 unspecified atom stereocenters. The van der Waals surface area contributed by atoms with Crippen molar-refractivity contribution in [2.75, 3.05) is 16.3 Å². The summed E-state index contributed by atoms with van der Waals surface area (Å²) in [6, 6.07) is 106. The predicted molar refractivity (Wildman–Crippen MR) is 339 cm³/mol. The minimum Gasteiger partial charge on any atom is -0.508 e. The molecule has 3 heteroatoms. The van der Waals surface area contributed by atoms with Gasteiger partial charge in [-0.1, -0.05) is 220 Å². The highest BCUT2D eigenvalue weighted by molar-refractivity contribution is 5.92. The Morgan fingerprint density at radius 2 is 0.654 bits per heavy atom. The third-order valence-electron chi connectivity index (χ3n) is 17.3. The van der Waals surface area contributed by atoms with E-state index in [-0.39, 0.29) is 11.2 Å². The summed E-state index contributed by atoms with van der Waals surface area (Å²) in [4.78, 5) is 4.77. The van der Waals surface area contributed by atoms with Crippen LogP contribution >= 0.6 is 0 Å². The molecule has 0 bridgehead atoms. The van der Waals surface area contributed by atoms with Crippen molar-refractivity contribution in [2.45, 2.75) is 31.6 Å². The van der Waals surface area contributed by atoms with Crippen LogP contribution in [0.25, 0.3) is 66.8 Å². The van der Waals surface area contributed by atoms with Crippen LogP contribution in [0.4, 0.5) is 28.4 Å². The number of phenols is 1. The Kier molecular flexibility index (Phi) is 12.2. The monoisotopic (exact) mass is 1040 g/mol. The number of aromatic hydroxyl groups is 1. The van der Waals surface area contributed by atoms with Crippen LogP contribution in [0.15, 0.2) is 291 Å². The van der Waals surface area contributed by atoms with E-state index >= 15 is 0 Å². The molecule has 388 valence electrons. The standard InChI is InChI=1S/C78H60N2O/c1-4-79(63-36-24-55(25-37-63)53-16-8-5-9-17-53)64-38-26-57(27-39-64)59-32-47-71-72-48-33-60(51-76(72)78(75(71)50-59,61-20-12-7-13-21-61)62-34-45-68(81)46-35-62)58-30-42-66(43-31-58)80(65-40-28-56(29-41-65)54-18-10-6-11-19-54)67-44-49-70-69-22-14-15-23-73(69)77(2,3)74(70)52-67/h5-52,81H,4H2,1-3H3. The van der Waals surface area contributed by atoms with Crippen molar-refractivity contribution >= 4 is 28.4 Å². The van der Waals surface area contributed by atoms with Crippen molar-refractivity contribution in [3.05, 3.63) is 325 Å². The molecule has 0 saturated carbocycles. The summed E-state index contributed by atoms with van der Waals surface area (Å²) in [7, 11) is 0. The molecule has 3 nitrogen and oxygen atoms in total. The smallest absolute Gasteiger partial charge is 0.115 e. The first-order chi connectivity index (χ1) is 39.8. The van der Waals surface area contributed by atoms with E-state index in [1.807, 2.05) is 12.1 Å². The number of rotatable bonds is 12. The molecule has 0 aromatic heterocycles. The summed E-state index contributed by atoms with van der Waals surface area (Å²) < 4.78 is 0. The summed E-state index contributed by atoms with van der Waals surface area (Å²) in [5.74, 6) is 0.242. The molecule has 0 aliphatic heterocycles. The number of benzene rings is 12. The second-order valence-electron chi connectivity index (χ2n) is 22.1. The molecule has 0 radical (unpaired) electrons. The SMILES string of the molecule is CCN(c1ccc(-c2ccccc2)cc1)c1ccc(-c2ccc3c(c2)C(c2ccccc2)(c2ccc(O)cc2)c2cc(-c4ccc(N(c5ccc(-c6ccccc6)cc5)c5ccc6c(c5)C(C)(C)c5ccccc5-6)cc4)ccc2-3)cc1. The van der Waals surface area contributed by atoms with Crippen LogP contribution in [-0.2, 0) is 10.8 Å². The maximum absolute atomic E-state index is 10.8. The van der Waals surface area contributed by atoms with E-state index in [1.165, 1.54) is 72.3 Å². The van der Waals surface area contributed by atoms with Crippen molar-refractivity contribution in [3.8, 4) is 72.5 Å². The van der Waals surface area contributed by atoms with Gasteiger partial charge in [0.1, 0.15) is 5.75 Å². The first-order valence-corrected chi connectivity index (χ1v) is 28.2. The van der Waals surface area contributed by atoms with E-state index in [4.69, 9.17) is 0 Å². The molecule has 1 N–H and O–H groups in total. The van der Waals surface area contributed by atoms with Crippen LogP contribution in [0.2, 0.25) is 0 Å². The highest BCUT2D eigenvalue weighted by atomic mass is 16.3. The molecule has 14 rings (SSSR count). The fourth-order valence-corrected chi connectivity index (χ4v) is 13.2. The van der Waals surface area contributed by atoms with E-state index in [2.05, 4.69) is 310 Å². The Labute approximate surface area is 476 Å². The Morgan fingerprint density at radius 1 is 0.296 bits per heavy atom. The van der Waals surface area contributed by atoms with E-state index in [1.54, 1.807) is 0 Å². The minimum atomic E-state index is -0.694. The fourth-order valence-electron chi connectivity index (χ4n) is 13.2. The van der Waals surface area contributed by atoms with Crippen LogP contribution in [0, 0.1) is 0 Å². The number of hydrogen-bond donors (Lipinski definition) is 1. The van der Waals surface area contributed by atoms with E-state index in [9.17, 15) is 5.11 Å². The van der Waals surface area contributed by atoms with Crippen LogP contribution < -0.4 is 9.80 Å². The Bertz CT molecular complexity index is 4250. The number of nitrogens with zero attached hydrogens (tertiary/aromatic N) is 2. The van der Waals surface area contributed by atoms with Crippen LogP contribution in [0.5, 0.6) is 5.75 Å². The summed E-state index contributed by atoms with van der Waals surface area (Å²) in [5.41, 5.74) is 26.6. The lowest BCUT2D eigenvalue weighted by molar-refractivity contribution is 0.475. The van der Waals surface area contributed by atoms with Gasteiger partial charge in [0.25, 0.3) is 0 Å². The van der Waals surface area contributed by atoms with Gasteiger partial charge in [-0.15, -0.1) is 0 Å². The predicted octanol–water partition coefficient (Wildman–Crippen LogP) is 20.4. The van der Waals surface area contributed by atoms with E-state index in [0.717, 1.165) is 62.8 Å². The summed E-state index contributed by atoms with van der Waals surface area (Å²) in [6.45, 7) is 7.75. The van der Waals surface area contributed by atoms with Gasteiger partial charge in [-0.05, 0) is 192 Å². The zero-order chi connectivity index (χ0) is 54.7. The summed E-state index contributed by atoms with van der Waals surface area (Å²) >= 11 is 0. The van der Waals surface area contributed by atoms with E-state index < -0.39 is 5.41 Å². The van der Waals surface area contributed by atoms with Crippen molar-refractivity contribution in [1.82, 2.24) is 0 Å². The van der Waals surface area contributed by atoms with Crippen molar-refractivity contribution < 1.29 is 5.11 Å². The fraction of sp³-hybridized carbons (Fsp3) is 0.0769. The first kappa shape index (κ1) is 49.3. The second-order valence-corrected chi connectivity index (χ2v) is 22.1. The number of fused-ring (bicyclic) bond motifs is 6. The summed E-state index contributed by atoms with van der Waals surface area (Å²) in [6.07, 6.45) is 0.